The van der Waals surface area contributed by atoms with Crippen molar-refractivity contribution in [2.45, 2.75) is 19.5 Å². The van der Waals surface area contributed by atoms with E-state index in [0.717, 1.165) is 11.3 Å². The summed E-state index contributed by atoms with van der Waals surface area (Å²) < 4.78 is 18.9. The van der Waals surface area contributed by atoms with Gasteiger partial charge in [0.2, 0.25) is 0 Å². The Labute approximate surface area is 83.9 Å². The molecule has 0 saturated heterocycles. The van der Waals surface area contributed by atoms with Crippen molar-refractivity contribution in [1.29, 1.82) is 0 Å². The molecule has 1 aromatic rings. The smallest absolute Gasteiger partial charge is 0.145 e. The van der Waals surface area contributed by atoms with Crippen LogP contribution in [-0.2, 0) is 5.67 Å². The zero-order valence-corrected chi connectivity index (χ0v) is 8.80. The molecule has 1 rings (SSSR count). The average molecular weight is 197 g/mol. The predicted molar refractivity (Wildman–Crippen MR) is 55.2 cm³/mol. The highest BCUT2D eigenvalue weighted by molar-refractivity contribution is 5.38. The van der Waals surface area contributed by atoms with Crippen molar-refractivity contribution in [2.75, 3.05) is 13.7 Å². The number of nitrogens with two attached hydrogens (primary N) is 1. The Balaban J connectivity index is 3.12. The van der Waals surface area contributed by atoms with Crippen molar-refractivity contribution < 1.29 is 9.13 Å². The van der Waals surface area contributed by atoms with E-state index in [1.165, 1.54) is 6.92 Å². The highest BCUT2D eigenvalue weighted by Gasteiger charge is 2.25. The van der Waals surface area contributed by atoms with Gasteiger partial charge in [-0.3, -0.25) is 0 Å². The monoisotopic (exact) mass is 197 g/mol. The van der Waals surface area contributed by atoms with Gasteiger partial charge in [0.1, 0.15) is 11.4 Å². The predicted octanol–water partition coefficient (Wildman–Crippen LogP) is 2.15. The summed E-state index contributed by atoms with van der Waals surface area (Å²) in [4.78, 5) is 0. The van der Waals surface area contributed by atoms with Crippen molar-refractivity contribution in [3.05, 3.63) is 29.3 Å². The lowest BCUT2D eigenvalue weighted by atomic mass is 9.93. The molecule has 0 spiro atoms. The minimum Gasteiger partial charge on any atom is -0.497 e. The zero-order valence-electron chi connectivity index (χ0n) is 8.80. The maximum atomic E-state index is 13.9. The molecule has 3 heteroatoms. The minimum absolute atomic E-state index is 0.0137. The molecule has 1 atom stereocenters. The van der Waals surface area contributed by atoms with Crippen LogP contribution in [0.5, 0.6) is 5.75 Å². The van der Waals surface area contributed by atoms with E-state index < -0.39 is 5.67 Å². The van der Waals surface area contributed by atoms with E-state index in [2.05, 4.69) is 0 Å². The third kappa shape index (κ3) is 2.04. The fraction of sp³-hybridized carbons (Fsp3) is 0.455. The Morgan fingerprint density at radius 1 is 1.50 bits per heavy atom. The molecule has 0 aliphatic rings. The van der Waals surface area contributed by atoms with Gasteiger partial charge < -0.3 is 10.5 Å². The molecule has 0 fully saturated rings. The van der Waals surface area contributed by atoms with E-state index in [9.17, 15) is 4.39 Å². The number of benzene rings is 1. The molecule has 0 saturated carbocycles. The first-order valence-corrected chi connectivity index (χ1v) is 4.55. The Bertz CT molecular complexity index is 323. The van der Waals surface area contributed by atoms with Gasteiger partial charge in [0, 0.05) is 6.54 Å². The molecule has 1 unspecified atom stereocenters. The number of halogens is 1. The van der Waals surface area contributed by atoms with Crippen LogP contribution in [-0.4, -0.2) is 13.7 Å². The summed E-state index contributed by atoms with van der Waals surface area (Å²) in [6, 6.07) is 5.28. The molecule has 14 heavy (non-hydrogen) atoms. The number of methoxy groups -OCH3 is 1. The molecule has 0 aromatic heterocycles. The van der Waals surface area contributed by atoms with Gasteiger partial charge in [-0.15, -0.1) is 0 Å². The molecular formula is C11H16FNO. The summed E-state index contributed by atoms with van der Waals surface area (Å²) in [6.45, 7) is 3.33. The summed E-state index contributed by atoms with van der Waals surface area (Å²) in [5, 5.41) is 0. The molecule has 0 bridgehead atoms. The molecule has 2 nitrogen and oxygen atoms in total. The van der Waals surface area contributed by atoms with Crippen molar-refractivity contribution in [3.63, 3.8) is 0 Å². The van der Waals surface area contributed by atoms with Gasteiger partial charge in [-0.2, -0.15) is 0 Å². The van der Waals surface area contributed by atoms with Crippen molar-refractivity contribution in [2.24, 2.45) is 5.73 Å². The summed E-state index contributed by atoms with van der Waals surface area (Å²) in [5.74, 6) is 0.735. The van der Waals surface area contributed by atoms with Gasteiger partial charge in [0.05, 0.1) is 7.11 Å². The lowest BCUT2D eigenvalue weighted by Gasteiger charge is -2.21. The fourth-order valence-corrected chi connectivity index (χ4v) is 1.46. The summed E-state index contributed by atoms with van der Waals surface area (Å²) >= 11 is 0. The number of hydrogen-bond donors (Lipinski definition) is 1. The van der Waals surface area contributed by atoms with E-state index in [4.69, 9.17) is 10.5 Å². The van der Waals surface area contributed by atoms with Gasteiger partial charge in [0.15, 0.2) is 0 Å². The van der Waals surface area contributed by atoms with E-state index >= 15 is 0 Å². The van der Waals surface area contributed by atoms with Crippen molar-refractivity contribution in [1.82, 2.24) is 0 Å². The minimum atomic E-state index is -1.46. The first kappa shape index (κ1) is 11.0. The third-order valence-electron chi connectivity index (χ3n) is 2.38. The number of ether oxygens (including phenoxy) is 1. The third-order valence-corrected chi connectivity index (χ3v) is 2.38. The quantitative estimate of drug-likeness (QED) is 0.805. The molecular weight excluding hydrogens is 181 g/mol. The van der Waals surface area contributed by atoms with Crippen LogP contribution < -0.4 is 10.5 Å². The van der Waals surface area contributed by atoms with Gasteiger partial charge in [-0.05, 0) is 37.1 Å². The number of alkyl halides is 1. The standard InChI is InChI=1S/C11H16FNO/c1-8-6-9(14-3)4-5-10(8)11(2,12)7-13/h4-6H,7,13H2,1-3H3. The van der Waals surface area contributed by atoms with Crippen LogP contribution in [0, 0.1) is 6.92 Å². The molecule has 78 valence electrons. The highest BCUT2D eigenvalue weighted by Crippen LogP contribution is 2.29. The van der Waals surface area contributed by atoms with Gasteiger partial charge in [-0.1, -0.05) is 6.07 Å². The lowest BCUT2D eigenvalue weighted by Crippen LogP contribution is -2.27. The van der Waals surface area contributed by atoms with Gasteiger partial charge in [-0.25, -0.2) is 4.39 Å². The van der Waals surface area contributed by atoms with E-state index in [1.807, 2.05) is 13.0 Å². The molecule has 0 radical (unpaired) electrons. The van der Waals surface area contributed by atoms with Crippen LogP contribution in [0.4, 0.5) is 4.39 Å². The van der Waals surface area contributed by atoms with E-state index in [-0.39, 0.29) is 6.54 Å². The molecule has 0 heterocycles. The van der Waals surface area contributed by atoms with Gasteiger partial charge >= 0.3 is 0 Å². The van der Waals surface area contributed by atoms with Crippen LogP contribution in [0.1, 0.15) is 18.1 Å². The number of rotatable bonds is 3. The zero-order chi connectivity index (χ0) is 10.8. The van der Waals surface area contributed by atoms with Crippen LogP contribution in [0.15, 0.2) is 18.2 Å². The van der Waals surface area contributed by atoms with Crippen LogP contribution in [0.3, 0.4) is 0 Å². The second kappa shape index (κ2) is 3.96. The molecule has 0 amide bonds. The van der Waals surface area contributed by atoms with Crippen LogP contribution in [0.2, 0.25) is 0 Å². The van der Waals surface area contributed by atoms with E-state index in [0.29, 0.717) is 5.56 Å². The maximum absolute atomic E-state index is 13.9. The Morgan fingerprint density at radius 3 is 2.57 bits per heavy atom. The van der Waals surface area contributed by atoms with Gasteiger partial charge in [0.25, 0.3) is 0 Å². The molecule has 2 N–H and O–H groups in total. The molecule has 1 aromatic carbocycles. The Morgan fingerprint density at radius 2 is 2.14 bits per heavy atom. The average Bonchev–Trinajstić information content (AvgIpc) is 2.17. The molecule has 0 aliphatic heterocycles. The van der Waals surface area contributed by atoms with E-state index in [1.54, 1.807) is 19.2 Å². The van der Waals surface area contributed by atoms with Crippen molar-refractivity contribution in [3.8, 4) is 5.75 Å². The van der Waals surface area contributed by atoms with Crippen LogP contribution >= 0.6 is 0 Å². The van der Waals surface area contributed by atoms with Crippen molar-refractivity contribution >= 4 is 0 Å². The summed E-state index contributed by atoms with van der Waals surface area (Å²) in [5.41, 5.74) is 5.40. The number of hydrogen-bond acceptors (Lipinski definition) is 2. The fourth-order valence-electron chi connectivity index (χ4n) is 1.46. The van der Waals surface area contributed by atoms with Crippen LogP contribution in [0.25, 0.3) is 0 Å². The first-order chi connectivity index (χ1) is 6.51. The number of aryl methyl sites for hydroxylation is 1. The Kier molecular flexibility index (Phi) is 3.11. The largest absolute Gasteiger partial charge is 0.497 e. The lowest BCUT2D eigenvalue weighted by molar-refractivity contribution is 0.202. The normalized spacial score (nSPS) is 14.9. The Hall–Kier alpha value is -1.09. The highest BCUT2D eigenvalue weighted by atomic mass is 19.1. The second-order valence-corrected chi connectivity index (χ2v) is 3.58. The second-order valence-electron chi connectivity index (χ2n) is 3.58. The molecule has 0 aliphatic carbocycles. The topological polar surface area (TPSA) is 35.2 Å². The summed E-state index contributed by atoms with van der Waals surface area (Å²) in [7, 11) is 1.59. The first-order valence-electron chi connectivity index (χ1n) is 4.55. The summed E-state index contributed by atoms with van der Waals surface area (Å²) in [6.07, 6.45) is 0. The maximum Gasteiger partial charge on any atom is 0.145 e. The SMILES string of the molecule is COc1ccc(C(C)(F)CN)c(C)c1.